The van der Waals surface area contributed by atoms with E-state index < -0.39 is 0 Å². The molecule has 1 amide bonds. The normalized spacial score (nSPS) is 23.1. The van der Waals surface area contributed by atoms with Crippen LogP contribution in [0.1, 0.15) is 42.2 Å². The molecule has 2 aliphatic rings. The van der Waals surface area contributed by atoms with E-state index in [9.17, 15) is 4.79 Å². The first-order valence-corrected chi connectivity index (χ1v) is 11.4. The number of likely N-dealkylation sites (tertiary alicyclic amines) is 1. The Labute approximate surface area is 172 Å². The van der Waals surface area contributed by atoms with Gasteiger partial charge in [-0.05, 0) is 55.2 Å². The molecule has 2 fully saturated rings. The number of hydrogen-bond donors (Lipinski definition) is 1. The van der Waals surface area contributed by atoms with Gasteiger partial charge in [-0.1, -0.05) is 36.4 Å². The number of amides is 1. The lowest BCUT2D eigenvalue weighted by Crippen LogP contribution is -2.48. The summed E-state index contributed by atoms with van der Waals surface area (Å²) in [4.78, 5) is 19.2. The summed E-state index contributed by atoms with van der Waals surface area (Å²) >= 11 is 1.81. The van der Waals surface area contributed by atoms with Crippen molar-refractivity contribution in [2.75, 3.05) is 18.8 Å². The fourth-order valence-electron chi connectivity index (χ4n) is 4.24. The van der Waals surface area contributed by atoms with Crippen LogP contribution < -0.4 is 5.32 Å². The smallest absolute Gasteiger partial charge is 0.240 e. The van der Waals surface area contributed by atoms with Crippen LogP contribution in [0.3, 0.4) is 0 Å². The summed E-state index contributed by atoms with van der Waals surface area (Å²) < 4.78 is 0. The average molecular weight is 396 g/mol. The number of piperidine rings is 1. The topological polar surface area (TPSA) is 45.2 Å². The molecule has 2 saturated heterocycles. The van der Waals surface area contributed by atoms with Crippen LogP contribution in [-0.4, -0.2) is 40.7 Å². The van der Waals surface area contributed by atoms with Crippen molar-refractivity contribution in [3.8, 4) is 0 Å². The first kappa shape index (κ1) is 19.5. The van der Waals surface area contributed by atoms with Crippen molar-refractivity contribution in [1.29, 1.82) is 0 Å². The van der Waals surface area contributed by atoms with E-state index in [1.165, 1.54) is 24.8 Å². The van der Waals surface area contributed by atoms with E-state index in [-0.39, 0.29) is 17.3 Å². The van der Waals surface area contributed by atoms with Crippen LogP contribution in [0.2, 0.25) is 0 Å². The van der Waals surface area contributed by atoms with Crippen LogP contribution in [0, 0.1) is 5.92 Å². The van der Waals surface area contributed by atoms with Gasteiger partial charge in [0.05, 0.1) is 11.4 Å². The summed E-state index contributed by atoms with van der Waals surface area (Å²) in [7, 11) is 0. The number of rotatable bonds is 6. The van der Waals surface area contributed by atoms with Crippen molar-refractivity contribution in [1.82, 2.24) is 15.2 Å². The Balaban J connectivity index is 1.19. The molecular weight excluding hydrogens is 366 g/mol. The largest absolute Gasteiger partial charge is 0.341 e. The second kappa shape index (κ2) is 9.57. The van der Waals surface area contributed by atoms with E-state index in [1.807, 2.05) is 12.3 Å². The van der Waals surface area contributed by atoms with Gasteiger partial charge in [-0.3, -0.25) is 15.1 Å². The summed E-state index contributed by atoms with van der Waals surface area (Å²) in [6, 6.07) is 14.7. The Hall–Kier alpha value is -1.85. The lowest BCUT2D eigenvalue weighted by atomic mass is 9.90. The van der Waals surface area contributed by atoms with Crippen molar-refractivity contribution < 1.29 is 4.79 Å². The van der Waals surface area contributed by atoms with Crippen LogP contribution in [0.15, 0.2) is 54.9 Å². The van der Waals surface area contributed by atoms with Gasteiger partial charge < -0.3 is 4.90 Å². The number of nitrogens with one attached hydrogen (secondary N) is 1. The Bertz CT molecular complexity index is 747. The molecule has 1 aromatic carbocycles. The number of thioether (sulfide) groups is 1. The van der Waals surface area contributed by atoms with Crippen LogP contribution in [0.4, 0.5) is 0 Å². The summed E-state index contributed by atoms with van der Waals surface area (Å²) in [6.45, 7) is 1.82. The molecular formula is C23H29N3OS. The van der Waals surface area contributed by atoms with Crippen LogP contribution in [0.5, 0.6) is 0 Å². The van der Waals surface area contributed by atoms with E-state index >= 15 is 0 Å². The summed E-state index contributed by atoms with van der Waals surface area (Å²) in [5.41, 5.74) is 2.59. The van der Waals surface area contributed by atoms with Gasteiger partial charge in [0, 0.05) is 31.2 Å². The molecule has 3 heterocycles. The van der Waals surface area contributed by atoms with E-state index in [4.69, 9.17) is 0 Å². The highest BCUT2D eigenvalue weighted by Gasteiger charge is 2.34. The lowest BCUT2D eigenvalue weighted by Gasteiger charge is -2.33. The van der Waals surface area contributed by atoms with Gasteiger partial charge in [0.25, 0.3) is 0 Å². The fraction of sp³-hybridized carbons (Fsp3) is 0.478. The Morgan fingerprint density at radius 3 is 2.71 bits per heavy atom. The number of carbonyl (C=O) groups is 1. The molecule has 28 heavy (non-hydrogen) atoms. The number of carbonyl (C=O) groups excluding carboxylic acids is 1. The number of aromatic nitrogens is 1. The van der Waals surface area contributed by atoms with Crippen molar-refractivity contribution in [3.05, 3.63) is 66.0 Å². The van der Waals surface area contributed by atoms with Crippen molar-refractivity contribution in [3.63, 3.8) is 0 Å². The fourth-order valence-corrected chi connectivity index (χ4v) is 5.46. The minimum atomic E-state index is -0.0650. The van der Waals surface area contributed by atoms with Crippen molar-refractivity contribution in [2.24, 2.45) is 5.92 Å². The monoisotopic (exact) mass is 395 g/mol. The minimum Gasteiger partial charge on any atom is -0.341 e. The maximum atomic E-state index is 12.9. The molecule has 0 bridgehead atoms. The van der Waals surface area contributed by atoms with Crippen LogP contribution in [-0.2, 0) is 11.2 Å². The predicted octanol–water partition coefficient (Wildman–Crippen LogP) is 4.05. The molecule has 5 heteroatoms. The van der Waals surface area contributed by atoms with E-state index in [0.717, 1.165) is 43.2 Å². The van der Waals surface area contributed by atoms with Gasteiger partial charge >= 0.3 is 0 Å². The number of hydrogen-bond acceptors (Lipinski definition) is 4. The lowest BCUT2D eigenvalue weighted by molar-refractivity contribution is -0.134. The van der Waals surface area contributed by atoms with Crippen molar-refractivity contribution >= 4 is 17.7 Å². The van der Waals surface area contributed by atoms with Crippen molar-refractivity contribution in [2.45, 2.75) is 43.5 Å². The third-order valence-corrected chi connectivity index (χ3v) is 7.18. The second-order valence-electron chi connectivity index (χ2n) is 7.87. The zero-order valence-electron chi connectivity index (χ0n) is 16.3. The van der Waals surface area contributed by atoms with Crippen LogP contribution >= 0.6 is 11.8 Å². The van der Waals surface area contributed by atoms with E-state index in [0.29, 0.717) is 0 Å². The molecule has 2 atom stereocenters. The molecule has 2 aliphatic heterocycles. The molecule has 4 nitrogen and oxygen atoms in total. The molecule has 1 aromatic heterocycles. The summed E-state index contributed by atoms with van der Waals surface area (Å²) in [5.74, 6) is 1.89. The average Bonchev–Trinajstić information content (AvgIpc) is 3.25. The highest BCUT2D eigenvalue weighted by Crippen LogP contribution is 2.33. The number of aryl methyl sites for hydroxylation is 1. The molecule has 4 rings (SSSR count). The number of nitrogens with zero attached hydrogens (tertiary/aromatic N) is 2. The third kappa shape index (κ3) is 4.95. The molecule has 0 spiro atoms. The summed E-state index contributed by atoms with van der Waals surface area (Å²) in [6.07, 6.45) is 9.65. The molecule has 0 saturated carbocycles. The van der Waals surface area contributed by atoms with Gasteiger partial charge in [0.2, 0.25) is 5.91 Å². The predicted molar refractivity (Wildman–Crippen MR) is 115 cm³/mol. The molecule has 0 aliphatic carbocycles. The first-order valence-electron chi connectivity index (χ1n) is 10.4. The Morgan fingerprint density at radius 1 is 1.14 bits per heavy atom. The minimum absolute atomic E-state index is 0.0650. The molecule has 1 unspecified atom stereocenters. The summed E-state index contributed by atoms with van der Waals surface area (Å²) in [5, 5.41) is 3.68. The third-order valence-electron chi connectivity index (χ3n) is 5.91. The quantitative estimate of drug-likeness (QED) is 0.802. The zero-order chi connectivity index (χ0) is 19.2. The standard InChI is InChI=1S/C23H29N3OS/c27-23(21-17-28-22(25-21)20-10-5-13-24-16-20)26-14-11-19(12-15-26)9-4-8-18-6-2-1-3-7-18/h1-3,5-7,10,13,16,19,21-22,25H,4,8-9,11-12,14-15,17H2/t21-,22?/m0/s1. The first-order chi connectivity index (χ1) is 13.8. The highest BCUT2D eigenvalue weighted by atomic mass is 32.2. The van der Waals surface area contributed by atoms with Gasteiger partial charge in [0.1, 0.15) is 0 Å². The van der Waals surface area contributed by atoms with Gasteiger partial charge in [-0.2, -0.15) is 0 Å². The SMILES string of the molecule is O=C([C@@H]1CSC(c2cccnc2)N1)N1CCC(CCCc2ccccc2)CC1. The Morgan fingerprint density at radius 2 is 1.96 bits per heavy atom. The van der Waals surface area contributed by atoms with Gasteiger partial charge in [-0.15, -0.1) is 11.8 Å². The molecule has 2 aromatic rings. The molecule has 0 radical (unpaired) electrons. The van der Waals surface area contributed by atoms with Gasteiger partial charge in [0.15, 0.2) is 0 Å². The maximum absolute atomic E-state index is 12.9. The van der Waals surface area contributed by atoms with Gasteiger partial charge in [-0.25, -0.2) is 0 Å². The second-order valence-corrected chi connectivity index (χ2v) is 9.00. The van der Waals surface area contributed by atoms with E-state index in [2.05, 4.69) is 51.6 Å². The number of pyridine rings is 1. The number of benzene rings is 1. The Kier molecular flexibility index (Phi) is 6.65. The maximum Gasteiger partial charge on any atom is 0.240 e. The molecule has 1 N–H and O–H groups in total. The van der Waals surface area contributed by atoms with Crippen LogP contribution in [0.25, 0.3) is 0 Å². The zero-order valence-corrected chi connectivity index (χ0v) is 17.1. The highest BCUT2D eigenvalue weighted by molar-refractivity contribution is 7.99. The molecule has 148 valence electrons. The van der Waals surface area contributed by atoms with E-state index in [1.54, 1.807) is 18.0 Å².